The van der Waals surface area contributed by atoms with Crippen molar-refractivity contribution in [1.82, 2.24) is 10.6 Å². The van der Waals surface area contributed by atoms with Crippen molar-refractivity contribution >= 4 is 5.91 Å². The molecular weight excluding hydrogens is 505 g/mol. The van der Waals surface area contributed by atoms with Gasteiger partial charge in [-0.1, -0.05) is 12.1 Å². The average Bonchev–Trinajstić information content (AvgIpc) is 3.41. The highest BCUT2D eigenvalue weighted by molar-refractivity contribution is 5.84. The zero-order chi connectivity index (χ0) is 27.1. The maximum Gasteiger partial charge on any atom is 0.416 e. The Labute approximate surface area is 209 Å². The first-order valence-corrected chi connectivity index (χ1v) is 12.0. The summed E-state index contributed by atoms with van der Waals surface area (Å²) in [4.78, 5) is 12.3. The smallest absolute Gasteiger partial charge is 0.370 e. The molecule has 2 fully saturated rings. The molecule has 2 aromatic carbocycles. The second-order valence-corrected chi connectivity index (χ2v) is 9.67. The second kappa shape index (κ2) is 10.2. The number of amides is 1. The molecule has 0 aromatic heterocycles. The van der Waals surface area contributed by atoms with Crippen LogP contribution in [-0.2, 0) is 21.9 Å². The van der Waals surface area contributed by atoms with Crippen LogP contribution in [-0.4, -0.2) is 31.1 Å². The summed E-state index contributed by atoms with van der Waals surface area (Å²) in [7, 11) is 1.68. The zero-order valence-electron chi connectivity index (χ0n) is 20.1. The Morgan fingerprint density at radius 3 is 2.08 bits per heavy atom. The van der Waals surface area contributed by atoms with Crippen LogP contribution in [0.1, 0.15) is 60.5 Å². The maximum atomic E-state index is 13.6. The number of hydrogen-bond acceptors (Lipinski definition) is 3. The van der Waals surface area contributed by atoms with E-state index in [0.717, 1.165) is 5.56 Å². The van der Waals surface area contributed by atoms with Gasteiger partial charge in [0.15, 0.2) is 0 Å². The fourth-order valence-corrected chi connectivity index (χ4v) is 5.53. The molecule has 1 aliphatic carbocycles. The van der Waals surface area contributed by atoms with E-state index in [1.165, 1.54) is 19.1 Å². The topological polar surface area (TPSA) is 50.4 Å². The predicted octanol–water partition coefficient (Wildman–Crippen LogP) is 5.98. The van der Waals surface area contributed by atoms with Crippen LogP contribution in [0.3, 0.4) is 0 Å². The number of halogens is 7. The molecule has 1 amide bonds. The summed E-state index contributed by atoms with van der Waals surface area (Å²) in [5, 5.41) is 5.93. The predicted molar refractivity (Wildman–Crippen MR) is 121 cm³/mol. The van der Waals surface area contributed by atoms with Gasteiger partial charge in [0.25, 0.3) is 0 Å². The summed E-state index contributed by atoms with van der Waals surface area (Å²) in [6, 6.07) is 6.62. The molecule has 6 atom stereocenters. The van der Waals surface area contributed by atoms with Crippen molar-refractivity contribution in [3.63, 3.8) is 0 Å². The highest BCUT2D eigenvalue weighted by Crippen LogP contribution is 2.47. The quantitative estimate of drug-likeness (QED) is 0.450. The molecule has 11 heteroatoms. The van der Waals surface area contributed by atoms with Crippen LogP contribution >= 0.6 is 0 Å². The highest BCUT2D eigenvalue weighted by atomic mass is 19.4. The molecule has 2 aromatic rings. The van der Waals surface area contributed by atoms with E-state index in [1.807, 2.05) is 0 Å². The molecule has 4 rings (SSSR count). The molecule has 1 saturated heterocycles. The van der Waals surface area contributed by atoms with Gasteiger partial charge < -0.3 is 15.4 Å². The highest BCUT2D eigenvalue weighted by Gasteiger charge is 2.46. The van der Waals surface area contributed by atoms with Gasteiger partial charge in [0.2, 0.25) is 5.91 Å². The molecule has 1 aliphatic heterocycles. The fraction of sp³-hybridized carbons (Fsp3) is 0.500. The number of carbonyl (C=O) groups excluding carboxylic acids is 1. The van der Waals surface area contributed by atoms with Gasteiger partial charge in [0.05, 0.1) is 29.4 Å². The van der Waals surface area contributed by atoms with Crippen LogP contribution in [0.4, 0.5) is 30.7 Å². The molecular formula is C26H27F7N2O2. The van der Waals surface area contributed by atoms with Gasteiger partial charge in [-0.05, 0) is 80.6 Å². The first-order valence-electron chi connectivity index (χ1n) is 12.0. The Balaban J connectivity index is 1.64. The number of likely N-dealkylation sites (N-methyl/N-ethyl adjacent to an activating group) is 1. The van der Waals surface area contributed by atoms with E-state index in [9.17, 15) is 35.5 Å². The van der Waals surface area contributed by atoms with Gasteiger partial charge in [-0.25, -0.2) is 4.39 Å². The third-order valence-corrected chi connectivity index (χ3v) is 7.36. The molecule has 1 saturated carbocycles. The molecule has 37 heavy (non-hydrogen) atoms. The molecule has 1 unspecified atom stereocenters. The monoisotopic (exact) mass is 532 g/mol. The Morgan fingerprint density at radius 1 is 0.973 bits per heavy atom. The summed E-state index contributed by atoms with van der Waals surface area (Å²) in [5.74, 6) is -1.06. The van der Waals surface area contributed by atoms with Crippen LogP contribution in [0.2, 0.25) is 0 Å². The molecule has 1 heterocycles. The third kappa shape index (κ3) is 5.93. The molecule has 0 bridgehead atoms. The number of rotatable bonds is 6. The van der Waals surface area contributed by atoms with Crippen molar-refractivity contribution in [2.45, 2.75) is 68.7 Å². The molecule has 0 spiro atoms. The molecule has 4 nitrogen and oxygen atoms in total. The summed E-state index contributed by atoms with van der Waals surface area (Å²) in [6.45, 7) is 1.42. The third-order valence-electron chi connectivity index (χ3n) is 7.36. The van der Waals surface area contributed by atoms with E-state index in [4.69, 9.17) is 4.74 Å². The molecule has 2 N–H and O–H groups in total. The maximum absolute atomic E-state index is 13.6. The fourth-order valence-electron chi connectivity index (χ4n) is 5.53. The van der Waals surface area contributed by atoms with Crippen molar-refractivity contribution in [1.29, 1.82) is 0 Å². The molecule has 202 valence electrons. The van der Waals surface area contributed by atoms with Gasteiger partial charge in [-0.15, -0.1) is 0 Å². The van der Waals surface area contributed by atoms with Crippen LogP contribution < -0.4 is 10.6 Å². The van der Waals surface area contributed by atoms with Crippen molar-refractivity contribution < 1.29 is 40.3 Å². The van der Waals surface area contributed by atoms with Gasteiger partial charge >= 0.3 is 12.4 Å². The standard InChI is InChI=1S/C26H27F7N2O2/c1-13(15-9-16(25(28,29)30)11-17(10-15)26(31,32)33)37-22-8-7-19(20-12-21(34-2)24(36)35-20)23(22)14-3-5-18(27)6-4-14/h3-6,9-11,13,19-23,34H,7-8,12H2,1-2H3,(H,35,36)/t13-,19+,20?,21-,22+,23+/m1/s1. The number of alkyl halides is 6. The van der Waals surface area contributed by atoms with Gasteiger partial charge in [-0.3, -0.25) is 4.79 Å². The van der Waals surface area contributed by atoms with Crippen LogP contribution in [0.25, 0.3) is 0 Å². The lowest BCUT2D eigenvalue weighted by Gasteiger charge is -2.31. The lowest BCUT2D eigenvalue weighted by Crippen LogP contribution is -2.37. The average molecular weight is 533 g/mol. The zero-order valence-corrected chi connectivity index (χ0v) is 20.1. The number of hydrogen-bond donors (Lipinski definition) is 2. The Hall–Kier alpha value is -2.66. The first kappa shape index (κ1) is 27.4. The van der Waals surface area contributed by atoms with Crippen molar-refractivity contribution in [3.05, 3.63) is 70.5 Å². The minimum Gasteiger partial charge on any atom is -0.370 e. The summed E-state index contributed by atoms with van der Waals surface area (Å²) < 4.78 is 99.9. The Morgan fingerprint density at radius 2 is 1.57 bits per heavy atom. The van der Waals surface area contributed by atoms with Crippen LogP contribution in [0.5, 0.6) is 0 Å². The van der Waals surface area contributed by atoms with E-state index in [0.29, 0.717) is 31.4 Å². The summed E-state index contributed by atoms with van der Waals surface area (Å²) >= 11 is 0. The van der Waals surface area contributed by atoms with E-state index in [-0.39, 0.29) is 41.5 Å². The van der Waals surface area contributed by atoms with Gasteiger partial charge in [0.1, 0.15) is 5.82 Å². The minimum atomic E-state index is -4.96. The van der Waals surface area contributed by atoms with Crippen LogP contribution in [0, 0.1) is 11.7 Å². The summed E-state index contributed by atoms with van der Waals surface area (Å²) in [5.41, 5.74) is -2.32. The Bertz CT molecular complexity index is 1090. The van der Waals surface area contributed by atoms with E-state index in [1.54, 1.807) is 19.2 Å². The van der Waals surface area contributed by atoms with Crippen molar-refractivity contribution in [2.24, 2.45) is 5.92 Å². The van der Waals surface area contributed by atoms with Crippen molar-refractivity contribution in [2.75, 3.05) is 7.05 Å². The number of carbonyl (C=O) groups is 1. The number of benzene rings is 2. The summed E-state index contributed by atoms with van der Waals surface area (Å²) in [6.07, 6.45) is -9.98. The normalized spacial score (nSPS) is 27.4. The number of ether oxygens (including phenoxy) is 1. The number of nitrogens with one attached hydrogen (secondary N) is 2. The van der Waals surface area contributed by atoms with E-state index in [2.05, 4.69) is 10.6 Å². The molecule has 0 radical (unpaired) electrons. The lowest BCUT2D eigenvalue weighted by atomic mass is 9.82. The minimum absolute atomic E-state index is 0.0874. The van der Waals surface area contributed by atoms with Gasteiger partial charge in [0, 0.05) is 12.0 Å². The van der Waals surface area contributed by atoms with Crippen molar-refractivity contribution in [3.8, 4) is 0 Å². The van der Waals surface area contributed by atoms with Gasteiger partial charge in [-0.2, -0.15) is 26.3 Å². The first-order chi connectivity index (χ1) is 17.3. The largest absolute Gasteiger partial charge is 0.416 e. The SMILES string of the molecule is CN[C@@H]1CC([C@@H]2CC[C@H](O[C@H](C)c3cc(C(F)(F)F)cc(C(F)(F)F)c3)[C@H]2c2ccc(F)cc2)NC1=O. The van der Waals surface area contributed by atoms with E-state index < -0.39 is 41.5 Å². The van der Waals surface area contributed by atoms with Crippen LogP contribution in [0.15, 0.2) is 42.5 Å². The Kier molecular flexibility index (Phi) is 7.58. The lowest BCUT2D eigenvalue weighted by molar-refractivity contribution is -0.143. The van der Waals surface area contributed by atoms with E-state index >= 15 is 0 Å². The molecule has 2 aliphatic rings. The second-order valence-electron chi connectivity index (χ2n) is 9.67.